The van der Waals surface area contributed by atoms with Crippen molar-refractivity contribution in [3.63, 3.8) is 0 Å². The van der Waals surface area contributed by atoms with E-state index in [9.17, 15) is 14.3 Å². The number of nitrogens with two attached hydrogens (primary N) is 1. The molecule has 0 radical (unpaired) electrons. The average Bonchev–Trinajstić information content (AvgIpc) is 3.42. The Hall–Kier alpha value is -3.05. The zero-order valence-electron chi connectivity index (χ0n) is 19.9. The van der Waals surface area contributed by atoms with E-state index >= 15 is 0 Å². The monoisotopic (exact) mass is 531 g/mol. The van der Waals surface area contributed by atoms with Crippen molar-refractivity contribution >= 4 is 34.5 Å². The van der Waals surface area contributed by atoms with Gasteiger partial charge in [0.15, 0.2) is 0 Å². The second-order valence-corrected chi connectivity index (χ2v) is 9.99. The van der Waals surface area contributed by atoms with Gasteiger partial charge < -0.3 is 15.6 Å². The van der Waals surface area contributed by atoms with Gasteiger partial charge in [0.25, 0.3) is 0 Å². The van der Waals surface area contributed by atoms with Crippen LogP contribution in [0.15, 0.2) is 42.7 Å². The summed E-state index contributed by atoms with van der Waals surface area (Å²) in [6.45, 7) is 2.25. The minimum atomic E-state index is -0.496. The van der Waals surface area contributed by atoms with Gasteiger partial charge in [-0.25, -0.2) is 9.37 Å². The molecule has 3 aromatic heterocycles. The fraction of sp³-hybridized carbons (Fsp3) is 0.320. The normalized spacial score (nSPS) is 12.4. The van der Waals surface area contributed by atoms with Crippen LogP contribution in [0.5, 0.6) is 5.88 Å². The highest BCUT2D eigenvalue weighted by Crippen LogP contribution is 2.36. The van der Waals surface area contributed by atoms with Crippen LogP contribution < -0.4 is 10.5 Å². The van der Waals surface area contributed by atoms with Gasteiger partial charge in [0, 0.05) is 29.9 Å². The number of fused-ring (bicyclic) bond motifs is 1. The van der Waals surface area contributed by atoms with Gasteiger partial charge in [-0.05, 0) is 37.2 Å². The molecule has 0 spiro atoms. The molecular formula is C25H27ClFN5O3S. The first kappa shape index (κ1) is 26.0. The van der Waals surface area contributed by atoms with E-state index in [1.54, 1.807) is 24.4 Å². The topological polar surface area (TPSA) is 106 Å². The third-order valence-corrected chi connectivity index (χ3v) is 7.06. The first-order chi connectivity index (χ1) is 17.3. The number of rotatable bonds is 11. The molecule has 0 aliphatic rings. The van der Waals surface area contributed by atoms with Gasteiger partial charge in [0.1, 0.15) is 29.1 Å². The number of primary amides is 1. The number of halogens is 2. The quantitative estimate of drug-likeness (QED) is 0.301. The Bertz CT molecular complexity index is 1380. The van der Waals surface area contributed by atoms with Crippen LogP contribution >= 0.6 is 22.9 Å². The van der Waals surface area contributed by atoms with Crippen LogP contribution in [-0.2, 0) is 24.4 Å². The molecule has 11 heteroatoms. The molecule has 1 amide bonds. The number of amides is 1. The molecule has 0 saturated heterocycles. The Morgan fingerprint density at radius 1 is 1.33 bits per heavy atom. The lowest BCUT2D eigenvalue weighted by Gasteiger charge is -2.16. The SMILES string of the molecule is C[C@@H](Oc1nc(-c2cnc3ccc(CN(C)CCF)cn23)sc1CC(N)=O)c1ccc(CO)cc1Cl. The van der Waals surface area contributed by atoms with Gasteiger partial charge in [-0.1, -0.05) is 29.8 Å². The predicted octanol–water partition coefficient (Wildman–Crippen LogP) is 4.17. The van der Waals surface area contributed by atoms with Crippen molar-refractivity contribution in [3.8, 4) is 16.6 Å². The molecule has 4 aromatic rings. The summed E-state index contributed by atoms with van der Waals surface area (Å²) in [5.41, 5.74) is 9.39. The number of carbonyl (C=O) groups excluding carboxylic acids is 1. The summed E-state index contributed by atoms with van der Waals surface area (Å²) in [7, 11) is 1.86. The molecule has 4 rings (SSSR count). The molecule has 3 N–H and O–H groups in total. The van der Waals surface area contributed by atoms with E-state index in [1.807, 2.05) is 41.6 Å². The number of imidazole rings is 1. The first-order valence-corrected chi connectivity index (χ1v) is 12.5. The van der Waals surface area contributed by atoms with Crippen molar-refractivity contribution in [1.82, 2.24) is 19.3 Å². The van der Waals surface area contributed by atoms with Crippen molar-refractivity contribution in [1.29, 1.82) is 0 Å². The molecule has 0 unspecified atom stereocenters. The average molecular weight is 532 g/mol. The third kappa shape index (κ3) is 5.84. The summed E-state index contributed by atoms with van der Waals surface area (Å²) >= 11 is 7.71. The summed E-state index contributed by atoms with van der Waals surface area (Å²) in [4.78, 5) is 23.4. The van der Waals surface area contributed by atoms with Crippen LogP contribution in [0.4, 0.5) is 4.39 Å². The fourth-order valence-corrected chi connectivity index (χ4v) is 5.22. The summed E-state index contributed by atoms with van der Waals surface area (Å²) in [6, 6.07) is 9.12. The van der Waals surface area contributed by atoms with Gasteiger partial charge in [-0.15, -0.1) is 11.3 Å². The van der Waals surface area contributed by atoms with Crippen LogP contribution in [0.2, 0.25) is 5.02 Å². The van der Waals surface area contributed by atoms with E-state index in [0.29, 0.717) is 39.4 Å². The number of hydrogen-bond acceptors (Lipinski definition) is 7. The largest absolute Gasteiger partial charge is 0.469 e. The number of aliphatic hydroxyl groups excluding tert-OH is 1. The molecule has 0 aliphatic heterocycles. The Balaban J connectivity index is 1.67. The molecule has 190 valence electrons. The van der Waals surface area contributed by atoms with E-state index < -0.39 is 18.7 Å². The number of aliphatic hydroxyl groups is 1. The van der Waals surface area contributed by atoms with Crippen LogP contribution in [0.3, 0.4) is 0 Å². The van der Waals surface area contributed by atoms with E-state index in [-0.39, 0.29) is 13.0 Å². The van der Waals surface area contributed by atoms with Gasteiger partial charge in [0.2, 0.25) is 11.8 Å². The lowest BCUT2D eigenvalue weighted by Crippen LogP contribution is -2.20. The molecule has 0 aliphatic carbocycles. The Morgan fingerprint density at radius 3 is 2.81 bits per heavy atom. The molecule has 0 fully saturated rings. The lowest BCUT2D eigenvalue weighted by molar-refractivity contribution is -0.117. The van der Waals surface area contributed by atoms with Gasteiger partial charge in [-0.3, -0.25) is 14.1 Å². The van der Waals surface area contributed by atoms with E-state index in [0.717, 1.165) is 22.5 Å². The van der Waals surface area contributed by atoms with E-state index in [4.69, 9.17) is 22.1 Å². The minimum Gasteiger partial charge on any atom is -0.469 e. The Morgan fingerprint density at radius 2 is 2.11 bits per heavy atom. The molecule has 1 aromatic carbocycles. The second kappa shape index (κ2) is 11.3. The molecular weight excluding hydrogens is 505 g/mol. The summed E-state index contributed by atoms with van der Waals surface area (Å²) in [5.74, 6) is -0.193. The zero-order chi connectivity index (χ0) is 25.8. The highest BCUT2D eigenvalue weighted by Gasteiger charge is 2.22. The highest BCUT2D eigenvalue weighted by molar-refractivity contribution is 7.15. The number of carbonyl (C=O) groups is 1. The summed E-state index contributed by atoms with van der Waals surface area (Å²) in [5, 5.41) is 10.4. The fourth-order valence-electron chi connectivity index (χ4n) is 3.85. The zero-order valence-corrected chi connectivity index (χ0v) is 21.5. The third-order valence-electron chi connectivity index (χ3n) is 5.67. The predicted molar refractivity (Wildman–Crippen MR) is 138 cm³/mol. The van der Waals surface area contributed by atoms with Crippen LogP contribution in [0, 0.1) is 0 Å². The first-order valence-electron chi connectivity index (χ1n) is 11.3. The van der Waals surface area contributed by atoms with Crippen molar-refractivity contribution < 1.29 is 19.0 Å². The van der Waals surface area contributed by atoms with Crippen LogP contribution in [0.1, 0.15) is 34.6 Å². The maximum Gasteiger partial charge on any atom is 0.229 e. The smallest absolute Gasteiger partial charge is 0.229 e. The molecule has 36 heavy (non-hydrogen) atoms. The molecule has 8 nitrogen and oxygen atoms in total. The number of hydrogen-bond donors (Lipinski definition) is 2. The van der Waals surface area contributed by atoms with Crippen LogP contribution in [0.25, 0.3) is 16.3 Å². The van der Waals surface area contributed by atoms with Crippen molar-refractivity contribution in [3.05, 3.63) is 69.3 Å². The second-order valence-electron chi connectivity index (χ2n) is 8.50. The summed E-state index contributed by atoms with van der Waals surface area (Å²) < 4.78 is 20.8. The number of ether oxygens (including phenoxy) is 1. The van der Waals surface area contributed by atoms with Crippen LogP contribution in [-0.4, -0.2) is 50.5 Å². The van der Waals surface area contributed by atoms with E-state index in [1.165, 1.54) is 11.3 Å². The van der Waals surface area contributed by atoms with Gasteiger partial charge >= 0.3 is 0 Å². The molecule has 0 saturated carbocycles. The molecule has 3 heterocycles. The number of alkyl halides is 1. The number of benzene rings is 1. The number of nitrogens with zero attached hydrogens (tertiary/aromatic N) is 4. The Labute approximate surface area is 217 Å². The molecule has 1 atom stereocenters. The van der Waals surface area contributed by atoms with Gasteiger partial charge in [0.05, 0.1) is 24.1 Å². The Kier molecular flexibility index (Phi) is 8.20. The summed E-state index contributed by atoms with van der Waals surface area (Å²) in [6.07, 6.45) is 3.18. The van der Waals surface area contributed by atoms with Gasteiger partial charge in [-0.2, -0.15) is 4.98 Å². The highest BCUT2D eigenvalue weighted by atomic mass is 35.5. The van der Waals surface area contributed by atoms with Crippen molar-refractivity contribution in [2.24, 2.45) is 5.73 Å². The number of aromatic nitrogens is 3. The van der Waals surface area contributed by atoms with E-state index in [2.05, 4.69) is 9.97 Å². The lowest BCUT2D eigenvalue weighted by atomic mass is 10.1. The minimum absolute atomic E-state index is 0.0209. The van der Waals surface area contributed by atoms with Crippen molar-refractivity contribution in [2.75, 3.05) is 20.3 Å². The maximum absolute atomic E-state index is 12.7. The standard InChI is InChI=1S/C25H27ClFN5O3S/c1-15(18-5-3-16(14-33)9-19(18)26)35-24-21(10-22(28)34)36-25(30-24)20-11-29-23-6-4-17(13-32(20)23)12-31(2)8-7-27/h3-6,9,11,13,15,33H,7-8,10,12,14H2,1-2H3,(H2,28,34)/t15-/m1/s1. The number of thiazole rings is 1. The molecule has 0 bridgehead atoms. The number of pyridine rings is 1. The van der Waals surface area contributed by atoms with Crippen molar-refractivity contribution in [2.45, 2.75) is 32.6 Å². The maximum atomic E-state index is 12.7.